The van der Waals surface area contributed by atoms with Crippen molar-refractivity contribution in [1.82, 2.24) is 5.43 Å². The summed E-state index contributed by atoms with van der Waals surface area (Å²) in [5.41, 5.74) is 5.26. The van der Waals surface area contributed by atoms with Crippen molar-refractivity contribution in [3.63, 3.8) is 0 Å². The first-order valence-electron chi connectivity index (χ1n) is 6.16. The molecule has 0 radical (unpaired) electrons. The third-order valence-electron chi connectivity index (χ3n) is 3.55. The molecular weight excluding hydrogens is 232 g/mol. The van der Waals surface area contributed by atoms with Gasteiger partial charge in [0, 0.05) is 11.1 Å². The van der Waals surface area contributed by atoms with E-state index in [0.717, 1.165) is 17.0 Å². The van der Waals surface area contributed by atoms with Gasteiger partial charge in [0.1, 0.15) is 0 Å². The van der Waals surface area contributed by atoms with Gasteiger partial charge < -0.3 is 0 Å². The SMILES string of the molecule is Cc1ccc(CC(NN)C(C)C(C)C)c(Cl)c1. The van der Waals surface area contributed by atoms with Gasteiger partial charge in [0.25, 0.3) is 0 Å². The predicted molar refractivity (Wildman–Crippen MR) is 75.0 cm³/mol. The van der Waals surface area contributed by atoms with Crippen LogP contribution >= 0.6 is 11.6 Å². The van der Waals surface area contributed by atoms with Gasteiger partial charge in [0.05, 0.1) is 0 Å². The highest BCUT2D eigenvalue weighted by molar-refractivity contribution is 6.31. The molecule has 0 amide bonds. The maximum Gasteiger partial charge on any atom is 0.0441 e. The van der Waals surface area contributed by atoms with Gasteiger partial charge in [-0.2, -0.15) is 0 Å². The molecule has 2 atom stereocenters. The lowest BCUT2D eigenvalue weighted by molar-refractivity contribution is 0.299. The summed E-state index contributed by atoms with van der Waals surface area (Å²) in [5, 5.41) is 0.834. The van der Waals surface area contributed by atoms with E-state index < -0.39 is 0 Å². The Morgan fingerprint density at radius 3 is 2.41 bits per heavy atom. The first kappa shape index (κ1) is 14.5. The number of nitrogens with two attached hydrogens (primary N) is 1. The van der Waals surface area contributed by atoms with Gasteiger partial charge in [0.2, 0.25) is 0 Å². The van der Waals surface area contributed by atoms with Crippen molar-refractivity contribution in [3.05, 3.63) is 34.3 Å². The van der Waals surface area contributed by atoms with E-state index in [-0.39, 0.29) is 6.04 Å². The molecule has 1 aromatic carbocycles. The maximum atomic E-state index is 6.25. The zero-order chi connectivity index (χ0) is 13.0. The van der Waals surface area contributed by atoms with Gasteiger partial charge in [-0.1, -0.05) is 44.5 Å². The molecule has 0 saturated heterocycles. The lowest BCUT2D eigenvalue weighted by Crippen LogP contribution is -2.43. The molecule has 1 rings (SSSR count). The normalized spacial score (nSPS) is 15.0. The zero-order valence-corrected chi connectivity index (χ0v) is 11.9. The number of rotatable bonds is 5. The summed E-state index contributed by atoms with van der Waals surface area (Å²) < 4.78 is 0. The monoisotopic (exact) mass is 254 g/mol. The molecule has 1 aromatic rings. The van der Waals surface area contributed by atoms with Crippen molar-refractivity contribution < 1.29 is 0 Å². The van der Waals surface area contributed by atoms with E-state index in [9.17, 15) is 0 Å². The van der Waals surface area contributed by atoms with Crippen LogP contribution in [-0.2, 0) is 6.42 Å². The minimum Gasteiger partial charge on any atom is -0.271 e. The molecule has 96 valence electrons. The highest BCUT2D eigenvalue weighted by atomic mass is 35.5. The van der Waals surface area contributed by atoms with Crippen molar-refractivity contribution in [2.24, 2.45) is 17.7 Å². The summed E-state index contributed by atoms with van der Waals surface area (Å²) in [7, 11) is 0. The molecule has 0 saturated carbocycles. The molecule has 3 N–H and O–H groups in total. The van der Waals surface area contributed by atoms with E-state index in [1.165, 1.54) is 5.56 Å². The largest absolute Gasteiger partial charge is 0.271 e. The second kappa shape index (κ2) is 6.39. The lowest BCUT2D eigenvalue weighted by atomic mass is 9.87. The van der Waals surface area contributed by atoms with Crippen LogP contribution in [0.15, 0.2) is 18.2 Å². The minimum absolute atomic E-state index is 0.259. The Morgan fingerprint density at radius 2 is 1.94 bits per heavy atom. The molecule has 0 aliphatic heterocycles. The van der Waals surface area contributed by atoms with E-state index in [0.29, 0.717) is 11.8 Å². The summed E-state index contributed by atoms with van der Waals surface area (Å²) in [5.74, 6) is 6.76. The topological polar surface area (TPSA) is 38.0 Å². The third kappa shape index (κ3) is 3.98. The van der Waals surface area contributed by atoms with Crippen LogP contribution in [0, 0.1) is 18.8 Å². The molecule has 0 aromatic heterocycles. The molecule has 2 nitrogen and oxygen atoms in total. The van der Waals surface area contributed by atoms with Crippen molar-refractivity contribution in [2.45, 2.75) is 40.2 Å². The Bertz CT molecular complexity index is 363. The number of benzene rings is 1. The highest BCUT2D eigenvalue weighted by Crippen LogP contribution is 2.23. The predicted octanol–water partition coefficient (Wildman–Crippen LogP) is 3.31. The number of nitrogens with one attached hydrogen (secondary N) is 1. The van der Waals surface area contributed by atoms with Gasteiger partial charge in [-0.3, -0.25) is 11.3 Å². The van der Waals surface area contributed by atoms with Gasteiger partial charge >= 0.3 is 0 Å². The van der Waals surface area contributed by atoms with Crippen LogP contribution in [0.3, 0.4) is 0 Å². The molecule has 0 aliphatic rings. The zero-order valence-electron chi connectivity index (χ0n) is 11.1. The van der Waals surface area contributed by atoms with Gasteiger partial charge in [0.15, 0.2) is 0 Å². The number of hydrogen-bond acceptors (Lipinski definition) is 2. The first-order chi connectivity index (χ1) is 7.95. The van der Waals surface area contributed by atoms with Gasteiger partial charge in [-0.25, -0.2) is 0 Å². The first-order valence-corrected chi connectivity index (χ1v) is 6.54. The van der Waals surface area contributed by atoms with Crippen LogP contribution in [-0.4, -0.2) is 6.04 Å². The Morgan fingerprint density at radius 1 is 1.29 bits per heavy atom. The third-order valence-corrected chi connectivity index (χ3v) is 3.90. The number of hydrazine groups is 1. The smallest absolute Gasteiger partial charge is 0.0441 e. The van der Waals surface area contributed by atoms with Crippen LogP contribution < -0.4 is 11.3 Å². The van der Waals surface area contributed by atoms with E-state index in [2.05, 4.69) is 38.3 Å². The fraction of sp³-hybridized carbons (Fsp3) is 0.571. The molecule has 0 aliphatic carbocycles. The fourth-order valence-electron chi connectivity index (χ4n) is 1.92. The highest BCUT2D eigenvalue weighted by Gasteiger charge is 2.20. The Labute approximate surface area is 110 Å². The Hall–Kier alpha value is -0.570. The second-order valence-corrected chi connectivity index (χ2v) is 5.58. The minimum atomic E-state index is 0.259. The molecular formula is C14H23ClN2. The van der Waals surface area contributed by atoms with E-state index in [1.807, 2.05) is 13.0 Å². The number of halogens is 1. The summed E-state index contributed by atoms with van der Waals surface area (Å²) in [4.78, 5) is 0. The standard InChI is InChI=1S/C14H23ClN2/c1-9(2)11(4)14(17-16)8-12-6-5-10(3)7-13(12)15/h5-7,9,11,14,17H,8,16H2,1-4H3. The van der Waals surface area contributed by atoms with Crippen LogP contribution in [0.1, 0.15) is 31.9 Å². The molecule has 0 heterocycles. The van der Waals surface area contributed by atoms with Crippen LogP contribution in [0.2, 0.25) is 5.02 Å². The van der Waals surface area contributed by atoms with Crippen LogP contribution in [0.5, 0.6) is 0 Å². The number of aryl methyl sites for hydroxylation is 1. The molecule has 0 spiro atoms. The van der Waals surface area contributed by atoms with E-state index in [1.54, 1.807) is 0 Å². The average molecular weight is 255 g/mol. The maximum absolute atomic E-state index is 6.25. The van der Waals surface area contributed by atoms with Crippen molar-refractivity contribution in [3.8, 4) is 0 Å². The van der Waals surface area contributed by atoms with Gasteiger partial charge in [-0.05, 0) is 42.4 Å². The summed E-state index contributed by atoms with van der Waals surface area (Å²) >= 11 is 6.25. The fourth-order valence-corrected chi connectivity index (χ4v) is 2.23. The molecule has 0 bridgehead atoms. The molecule has 3 heteroatoms. The number of hydrogen-bond donors (Lipinski definition) is 2. The summed E-state index contributed by atoms with van der Waals surface area (Å²) in [6, 6.07) is 6.45. The summed E-state index contributed by atoms with van der Waals surface area (Å²) in [6.07, 6.45) is 0.870. The van der Waals surface area contributed by atoms with Crippen molar-refractivity contribution in [2.75, 3.05) is 0 Å². The molecule has 0 fully saturated rings. The lowest BCUT2D eigenvalue weighted by Gasteiger charge is -2.26. The Kier molecular flexibility index (Phi) is 5.44. The van der Waals surface area contributed by atoms with E-state index >= 15 is 0 Å². The molecule has 17 heavy (non-hydrogen) atoms. The summed E-state index contributed by atoms with van der Waals surface area (Å²) in [6.45, 7) is 8.69. The van der Waals surface area contributed by atoms with Crippen molar-refractivity contribution >= 4 is 11.6 Å². The average Bonchev–Trinajstić information content (AvgIpc) is 2.27. The van der Waals surface area contributed by atoms with Crippen molar-refractivity contribution in [1.29, 1.82) is 0 Å². The van der Waals surface area contributed by atoms with E-state index in [4.69, 9.17) is 17.4 Å². The molecule has 2 unspecified atom stereocenters. The quantitative estimate of drug-likeness (QED) is 0.625. The second-order valence-electron chi connectivity index (χ2n) is 5.18. The Balaban J connectivity index is 2.80. The van der Waals surface area contributed by atoms with Crippen LogP contribution in [0.4, 0.5) is 0 Å². The van der Waals surface area contributed by atoms with Gasteiger partial charge in [-0.15, -0.1) is 0 Å². The van der Waals surface area contributed by atoms with Crippen LogP contribution in [0.25, 0.3) is 0 Å².